The van der Waals surface area contributed by atoms with E-state index in [9.17, 15) is 9.59 Å². The molecular weight excluding hydrogens is 362 g/mol. The van der Waals surface area contributed by atoms with Crippen LogP contribution in [0, 0.1) is 0 Å². The molecule has 2 rings (SSSR count). The van der Waals surface area contributed by atoms with Crippen molar-refractivity contribution in [3.8, 4) is 0 Å². The molecule has 1 aliphatic rings. The molecule has 2 amide bonds. The first-order valence-electron chi connectivity index (χ1n) is 8.10. The molecule has 1 aromatic rings. The molecule has 6 nitrogen and oxygen atoms in total. The number of nitrogens with zero attached hydrogens (tertiary/aromatic N) is 1. The van der Waals surface area contributed by atoms with Gasteiger partial charge in [0.15, 0.2) is 10.4 Å². The predicted molar refractivity (Wildman–Crippen MR) is 91.3 cm³/mol. The van der Waals surface area contributed by atoms with Gasteiger partial charge in [-0.05, 0) is 60.8 Å². The van der Waals surface area contributed by atoms with Gasteiger partial charge in [0.1, 0.15) is 0 Å². The number of nitrogens with one attached hydrogen (secondary N) is 2. The maximum atomic E-state index is 11.7. The van der Waals surface area contributed by atoms with Crippen molar-refractivity contribution >= 4 is 27.7 Å². The van der Waals surface area contributed by atoms with E-state index >= 15 is 0 Å². The molecule has 23 heavy (non-hydrogen) atoms. The van der Waals surface area contributed by atoms with E-state index in [4.69, 9.17) is 4.42 Å². The highest BCUT2D eigenvalue weighted by Crippen LogP contribution is 2.16. The molecule has 1 atom stereocenters. The Morgan fingerprint density at radius 3 is 2.87 bits per heavy atom. The van der Waals surface area contributed by atoms with E-state index in [0.29, 0.717) is 17.3 Å². The first-order chi connectivity index (χ1) is 11.1. The second-order valence-corrected chi connectivity index (χ2v) is 6.65. The van der Waals surface area contributed by atoms with Gasteiger partial charge in [-0.1, -0.05) is 6.42 Å². The fourth-order valence-corrected chi connectivity index (χ4v) is 3.05. The third kappa shape index (κ3) is 5.99. The van der Waals surface area contributed by atoms with Crippen LogP contribution in [0.15, 0.2) is 21.2 Å². The van der Waals surface area contributed by atoms with Crippen LogP contribution in [-0.4, -0.2) is 48.9 Å². The summed E-state index contributed by atoms with van der Waals surface area (Å²) in [4.78, 5) is 25.9. The smallest absolute Gasteiger partial charge is 0.287 e. The number of halogens is 1. The average molecular weight is 386 g/mol. The summed E-state index contributed by atoms with van der Waals surface area (Å²) in [5.41, 5.74) is 0. The van der Waals surface area contributed by atoms with Crippen LogP contribution in [0.1, 0.15) is 43.2 Å². The predicted octanol–water partition coefficient (Wildman–Crippen LogP) is 2.15. The SMILES string of the molecule is CC1CCCCN1CCCNC(=O)CNC(=O)c1ccc(Br)o1. The summed E-state index contributed by atoms with van der Waals surface area (Å²) in [6, 6.07) is 3.83. The number of likely N-dealkylation sites (tertiary alicyclic amines) is 1. The van der Waals surface area contributed by atoms with Crippen molar-refractivity contribution in [3.63, 3.8) is 0 Å². The van der Waals surface area contributed by atoms with E-state index in [0.717, 1.165) is 19.5 Å². The van der Waals surface area contributed by atoms with Crippen LogP contribution in [0.2, 0.25) is 0 Å². The lowest BCUT2D eigenvalue weighted by molar-refractivity contribution is -0.120. The van der Waals surface area contributed by atoms with Crippen LogP contribution in [-0.2, 0) is 4.79 Å². The number of carbonyl (C=O) groups is 2. The highest BCUT2D eigenvalue weighted by atomic mass is 79.9. The van der Waals surface area contributed by atoms with Crippen LogP contribution in [0.25, 0.3) is 0 Å². The van der Waals surface area contributed by atoms with Crippen LogP contribution < -0.4 is 10.6 Å². The van der Waals surface area contributed by atoms with E-state index in [1.807, 2.05) is 0 Å². The quantitative estimate of drug-likeness (QED) is 0.705. The number of hydrogen-bond acceptors (Lipinski definition) is 4. The van der Waals surface area contributed by atoms with Crippen molar-refractivity contribution in [1.82, 2.24) is 15.5 Å². The molecule has 0 aromatic carbocycles. The Hall–Kier alpha value is -1.34. The molecule has 2 N–H and O–H groups in total. The van der Waals surface area contributed by atoms with Gasteiger partial charge in [-0.3, -0.25) is 9.59 Å². The topological polar surface area (TPSA) is 74.6 Å². The maximum Gasteiger partial charge on any atom is 0.287 e. The molecule has 1 aliphatic heterocycles. The third-order valence-corrected chi connectivity index (χ3v) is 4.52. The van der Waals surface area contributed by atoms with Crippen LogP contribution in [0.3, 0.4) is 0 Å². The summed E-state index contributed by atoms with van der Waals surface area (Å²) < 4.78 is 5.61. The zero-order valence-corrected chi connectivity index (χ0v) is 15.0. The van der Waals surface area contributed by atoms with Gasteiger partial charge in [-0.25, -0.2) is 0 Å². The summed E-state index contributed by atoms with van der Waals surface area (Å²) in [5, 5.41) is 5.36. The second-order valence-electron chi connectivity index (χ2n) is 5.87. The first-order valence-corrected chi connectivity index (χ1v) is 8.90. The summed E-state index contributed by atoms with van der Waals surface area (Å²) in [6.07, 6.45) is 4.78. The molecule has 0 bridgehead atoms. The van der Waals surface area contributed by atoms with Gasteiger partial charge in [0.25, 0.3) is 5.91 Å². The highest BCUT2D eigenvalue weighted by molar-refractivity contribution is 9.10. The van der Waals surface area contributed by atoms with Crippen molar-refractivity contribution < 1.29 is 14.0 Å². The summed E-state index contributed by atoms with van der Waals surface area (Å²) in [6.45, 7) is 5.01. The van der Waals surface area contributed by atoms with Gasteiger partial charge in [0.2, 0.25) is 5.91 Å². The van der Waals surface area contributed by atoms with Gasteiger partial charge in [-0.2, -0.15) is 0 Å². The van der Waals surface area contributed by atoms with E-state index in [2.05, 4.69) is 38.4 Å². The minimum atomic E-state index is -0.395. The fourth-order valence-electron chi connectivity index (χ4n) is 2.75. The number of furan rings is 1. The normalized spacial score (nSPS) is 18.6. The standard InChI is InChI=1S/C16H24BrN3O3/c1-12-5-2-3-9-20(12)10-4-8-18-15(21)11-19-16(22)13-6-7-14(17)23-13/h6-7,12H,2-5,8-11H2,1H3,(H,18,21)(H,19,22). The minimum absolute atomic E-state index is 0.0444. The molecule has 1 saturated heterocycles. The Morgan fingerprint density at radius 2 is 2.17 bits per heavy atom. The molecule has 1 unspecified atom stereocenters. The monoisotopic (exact) mass is 385 g/mol. The van der Waals surface area contributed by atoms with E-state index in [1.165, 1.54) is 19.3 Å². The van der Waals surface area contributed by atoms with E-state index < -0.39 is 5.91 Å². The molecule has 2 heterocycles. The number of rotatable bonds is 7. The molecule has 1 fully saturated rings. The molecule has 128 valence electrons. The fraction of sp³-hybridized carbons (Fsp3) is 0.625. The molecule has 0 aliphatic carbocycles. The van der Waals surface area contributed by atoms with E-state index in [-0.39, 0.29) is 18.2 Å². The van der Waals surface area contributed by atoms with Gasteiger partial charge < -0.3 is 20.0 Å². The number of carbonyl (C=O) groups excluding carboxylic acids is 2. The van der Waals surface area contributed by atoms with E-state index in [1.54, 1.807) is 12.1 Å². The number of piperidine rings is 1. The molecule has 0 spiro atoms. The summed E-state index contributed by atoms with van der Waals surface area (Å²) in [5.74, 6) is -0.396. The number of hydrogen-bond donors (Lipinski definition) is 2. The van der Waals surface area contributed by atoms with Gasteiger partial charge >= 0.3 is 0 Å². The van der Waals surface area contributed by atoms with Gasteiger partial charge in [0, 0.05) is 19.1 Å². The van der Waals surface area contributed by atoms with Crippen LogP contribution in [0.4, 0.5) is 0 Å². The lowest BCUT2D eigenvalue weighted by Gasteiger charge is -2.33. The lowest BCUT2D eigenvalue weighted by atomic mass is 10.0. The molecule has 1 aromatic heterocycles. The average Bonchev–Trinajstić information content (AvgIpc) is 2.97. The molecule has 0 radical (unpaired) electrons. The van der Waals surface area contributed by atoms with Crippen molar-refractivity contribution in [3.05, 3.63) is 22.6 Å². The second kappa shape index (κ2) is 9.08. The van der Waals surface area contributed by atoms with Crippen LogP contribution >= 0.6 is 15.9 Å². The Bertz CT molecular complexity index is 532. The Balaban J connectivity index is 1.57. The van der Waals surface area contributed by atoms with Crippen molar-refractivity contribution in [2.75, 3.05) is 26.2 Å². The minimum Gasteiger partial charge on any atom is -0.444 e. The highest BCUT2D eigenvalue weighted by Gasteiger charge is 2.17. The van der Waals surface area contributed by atoms with Crippen LogP contribution in [0.5, 0.6) is 0 Å². The van der Waals surface area contributed by atoms with Crippen molar-refractivity contribution in [2.45, 2.75) is 38.6 Å². The molecule has 7 heteroatoms. The Morgan fingerprint density at radius 1 is 1.35 bits per heavy atom. The maximum absolute atomic E-state index is 11.7. The van der Waals surface area contributed by atoms with Crippen molar-refractivity contribution in [2.24, 2.45) is 0 Å². The first kappa shape index (κ1) is 18.0. The zero-order valence-electron chi connectivity index (χ0n) is 13.4. The summed E-state index contributed by atoms with van der Waals surface area (Å²) >= 11 is 3.13. The largest absolute Gasteiger partial charge is 0.444 e. The molecular formula is C16H24BrN3O3. The zero-order chi connectivity index (χ0) is 16.7. The lowest BCUT2D eigenvalue weighted by Crippen LogP contribution is -2.40. The van der Waals surface area contributed by atoms with Gasteiger partial charge in [-0.15, -0.1) is 0 Å². The Labute approximate surface area is 145 Å². The Kier molecular flexibility index (Phi) is 7.11. The number of amides is 2. The third-order valence-electron chi connectivity index (χ3n) is 4.09. The molecule has 0 saturated carbocycles. The van der Waals surface area contributed by atoms with Crippen molar-refractivity contribution in [1.29, 1.82) is 0 Å². The summed E-state index contributed by atoms with van der Waals surface area (Å²) in [7, 11) is 0. The van der Waals surface area contributed by atoms with Gasteiger partial charge in [0.05, 0.1) is 6.54 Å².